The number of nitro benzene ring substituents is 1. The normalized spacial score (nSPS) is 20.8. The minimum Gasteiger partial charge on any atom is -0.272 e. The number of benzene rings is 1. The third kappa shape index (κ3) is 3.02. The number of amidine groups is 1. The summed E-state index contributed by atoms with van der Waals surface area (Å²) in [4.78, 5) is 30.5. The minimum absolute atomic E-state index is 0.0722. The van der Waals surface area contributed by atoms with Crippen molar-refractivity contribution in [1.29, 1.82) is 0 Å². The predicted molar refractivity (Wildman–Crippen MR) is 81.6 cm³/mol. The number of nitrogens with zero attached hydrogens (tertiary/aromatic N) is 3. The molecule has 1 fully saturated rings. The van der Waals surface area contributed by atoms with Crippen molar-refractivity contribution in [3.8, 4) is 0 Å². The van der Waals surface area contributed by atoms with Crippen molar-refractivity contribution in [1.82, 2.24) is 0 Å². The number of non-ortho nitro benzene ring substituents is 1. The Kier molecular flexibility index (Phi) is 3.83. The van der Waals surface area contributed by atoms with E-state index in [0.29, 0.717) is 10.9 Å². The fraction of sp³-hybridized carbons (Fsp3) is 0.357. The van der Waals surface area contributed by atoms with Crippen LogP contribution in [0.1, 0.15) is 24.8 Å². The highest BCUT2D eigenvalue weighted by atomic mass is 32.2. The Labute approximate surface area is 125 Å². The first-order valence-electron chi connectivity index (χ1n) is 6.69. The Bertz CT molecular complexity index is 652. The number of hydrogen-bond acceptors (Lipinski definition) is 5. The molecule has 0 radical (unpaired) electrons. The van der Waals surface area contributed by atoms with Gasteiger partial charge in [0, 0.05) is 23.6 Å². The molecule has 3 rings (SSSR count). The monoisotopic (exact) mass is 303 g/mol. The average Bonchev–Trinajstić information content (AvgIpc) is 2.94. The number of aliphatic imine (C=N–C) groups is 2. The maximum Gasteiger partial charge on any atom is 0.269 e. The zero-order valence-corrected chi connectivity index (χ0v) is 12.0. The molecule has 1 aliphatic carbocycles. The molecule has 21 heavy (non-hydrogen) atoms. The van der Waals surface area contributed by atoms with E-state index in [1.165, 1.54) is 23.9 Å². The molecule has 1 aromatic rings. The van der Waals surface area contributed by atoms with E-state index < -0.39 is 4.92 Å². The fourth-order valence-corrected chi connectivity index (χ4v) is 3.30. The Morgan fingerprint density at radius 1 is 1.29 bits per heavy atom. The summed E-state index contributed by atoms with van der Waals surface area (Å²) in [5.41, 5.74) is 1.97. The molecule has 1 unspecified atom stereocenters. The second kappa shape index (κ2) is 5.77. The molecule has 0 bridgehead atoms. The van der Waals surface area contributed by atoms with E-state index in [0.717, 1.165) is 30.5 Å². The van der Waals surface area contributed by atoms with Gasteiger partial charge in [0.25, 0.3) is 11.6 Å². The van der Waals surface area contributed by atoms with Crippen LogP contribution in [0.4, 0.5) is 5.69 Å². The molecule has 1 amide bonds. The van der Waals surface area contributed by atoms with Crippen molar-refractivity contribution < 1.29 is 9.72 Å². The maximum atomic E-state index is 11.9. The van der Waals surface area contributed by atoms with Crippen LogP contribution < -0.4 is 0 Å². The second-order valence-electron chi connectivity index (χ2n) is 4.99. The topological polar surface area (TPSA) is 84.9 Å². The van der Waals surface area contributed by atoms with Gasteiger partial charge in [-0.05, 0) is 24.8 Å². The van der Waals surface area contributed by atoms with E-state index in [4.69, 9.17) is 0 Å². The number of carbonyl (C=O) groups excluding carboxylic acids is 1. The minimum atomic E-state index is -0.424. The molecule has 7 heteroatoms. The quantitative estimate of drug-likeness (QED) is 0.634. The predicted octanol–water partition coefficient (Wildman–Crippen LogP) is 2.97. The lowest BCUT2D eigenvalue weighted by Gasteiger charge is -2.13. The number of nitro groups is 1. The van der Waals surface area contributed by atoms with Crippen LogP contribution in [0.25, 0.3) is 0 Å². The summed E-state index contributed by atoms with van der Waals surface area (Å²) in [5, 5.41) is 11.1. The molecule has 1 saturated carbocycles. The number of hydrogen-bond donors (Lipinski definition) is 0. The Hall–Kier alpha value is -2.02. The van der Waals surface area contributed by atoms with Gasteiger partial charge in [0.15, 0.2) is 5.17 Å². The number of carbonyl (C=O) groups is 1. The molecule has 1 aliphatic heterocycles. The molecular weight excluding hydrogens is 290 g/mol. The second-order valence-corrected chi connectivity index (χ2v) is 5.94. The van der Waals surface area contributed by atoms with Crippen molar-refractivity contribution >= 4 is 34.2 Å². The third-order valence-electron chi connectivity index (χ3n) is 3.59. The zero-order chi connectivity index (χ0) is 14.8. The summed E-state index contributed by atoms with van der Waals surface area (Å²) in [7, 11) is 0. The number of rotatable bonds is 3. The molecule has 0 N–H and O–H groups in total. The van der Waals surface area contributed by atoms with Gasteiger partial charge in [-0.25, -0.2) is 4.99 Å². The lowest BCUT2D eigenvalue weighted by atomic mass is 10.1. The number of thioether (sulfide) groups is 1. The number of fused-ring (bicyclic) bond motifs is 1. The Morgan fingerprint density at radius 3 is 2.76 bits per heavy atom. The molecule has 0 saturated heterocycles. The lowest BCUT2D eigenvalue weighted by molar-refractivity contribution is -0.384. The maximum absolute atomic E-state index is 11.9. The first-order chi connectivity index (χ1) is 10.1. The largest absolute Gasteiger partial charge is 0.272 e. The van der Waals surface area contributed by atoms with Crippen LogP contribution in [0.2, 0.25) is 0 Å². The van der Waals surface area contributed by atoms with Gasteiger partial charge >= 0.3 is 0 Å². The van der Waals surface area contributed by atoms with Crippen LogP contribution in [0.3, 0.4) is 0 Å². The summed E-state index contributed by atoms with van der Waals surface area (Å²) in [6.07, 6.45) is 2.75. The average molecular weight is 303 g/mol. The van der Waals surface area contributed by atoms with Gasteiger partial charge < -0.3 is 0 Å². The molecule has 0 spiro atoms. The molecule has 1 aromatic carbocycles. The summed E-state index contributed by atoms with van der Waals surface area (Å²) < 4.78 is 0. The summed E-state index contributed by atoms with van der Waals surface area (Å²) in [6.45, 7) is 0. The van der Waals surface area contributed by atoms with Crippen LogP contribution in [0.15, 0.2) is 34.3 Å². The van der Waals surface area contributed by atoms with Crippen molar-refractivity contribution in [3.05, 3.63) is 39.9 Å². The first-order valence-corrected chi connectivity index (χ1v) is 7.68. The summed E-state index contributed by atoms with van der Waals surface area (Å²) >= 11 is 1.39. The van der Waals surface area contributed by atoms with Gasteiger partial charge in [-0.15, -0.1) is 0 Å². The van der Waals surface area contributed by atoms with Crippen molar-refractivity contribution in [2.24, 2.45) is 15.9 Å². The highest BCUT2D eigenvalue weighted by molar-refractivity contribution is 8.13. The van der Waals surface area contributed by atoms with Gasteiger partial charge in [0.05, 0.1) is 10.8 Å². The molecule has 6 nitrogen and oxygen atoms in total. The van der Waals surface area contributed by atoms with Gasteiger partial charge in [-0.3, -0.25) is 14.9 Å². The zero-order valence-electron chi connectivity index (χ0n) is 11.2. The smallest absolute Gasteiger partial charge is 0.269 e. The van der Waals surface area contributed by atoms with Crippen molar-refractivity contribution in [2.75, 3.05) is 0 Å². The van der Waals surface area contributed by atoms with E-state index in [9.17, 15) is 14.9 Å². The van der Waals surface area contributed by atoms with Crippen LogP contribution in [-0.2, 0) is 10.5 Å². The van der Waals surface area contributed by atoms with Crippen molar-refractivity contribution in [2.45, 2.75) is 25.0 Å². The van der Waals surface area contributed by atoms with E-state index >= 15 is 0 Å². The molecule has 108 valence electrons. The van der Waals surface area contributed by atoms with Crippen molar-refractivity contribution in [3.63, 3.8) is 0 Å². The molecule has 1 heterocycles. The van der Waals surface area contributed by atoms with Gasteiger partial charge in [-0.2, -0.15) is 4.99 Å². The van der Waals surface area contributed by atoms with Crippen LogP contribution in [-0.4, -0.2) is 21.7 Å². The molecular formula is C14H13N3O3S. The van der Waals surface area contributed by atoms with Crippen LogP contribution in [0, 0.1) is 16.0 Å². The van der Waals surface area contributed by atoms with Crippen LogP contribution >= 0.6 is 11.8 Å². The molecule has 0 aromatic heterocycles. The first kappa shape index (κ1) is 13.9. The highest BCUT2D eigenvalue weighted by Gasteiger charge is 2.32. The Balaban J connectivity index is 1.65. The summed E-state index contributed by atoms with van der Waals surface area (Å²) in [6, 6.07) is 6.37. The molecule has 1 atom stereocenters. The summed E-state index contributed by atoms with van der Waals surface area (Å²) in [5.74, 6) is 0.420. The van der Waals surface area contributed by atoms with Gasteiger partial charge in [0.1, 0.15) is 0 Å². The van der Waals surface area contributed by atoms with E-state index in [2.05, 4.69) is 9.98 Å². The highest BCUT2D eigenvalue weighted by Crippen LogP contribution is 2.29. The Morgan fingerprint density at radius 2 is 2.05 bits per heavy atom. The molecule has 2 aliphatic rings. The lowest BCUT2D eigenvalue weighted by Crippen LogP contribution is -2.22. The van der Waals surface area contributed by atoms with E-state index in [-0.39, 0.29) is 17.5 Å². The number of amides is 1. The standard InChI is InChI=1S/C14H13N3O3S/c18-13-11-2-1-3-12(11)15-14(16-13)21-8-9-4-6-10(7-5-9)17(19)20/h4-7,11H,1-3,8H2. The van der Waals surface area contributed by atoms with Gasteiger partial charge in [0.2, 0.25) is 0 Å². The van der Waals surface area contributed by atoms with E-state index in [1.807, 2.05) is 0 Å². The third-order valence-corrected chi connectivity index (χ3v) is 4.50. The van der Waals surface area contributed by atoms with E-state index in [1.54, 1.807) is 12.1 Å². The fourth-order valence-electron chi connectivity index (χ4n) is 2.47. The SMILES string of the molecule is O=C1N=C(SCc2ccc([N+](=O)[O-])cc2)N=C2CCCC12. The van der Waals surface area contributed by atoms with Crippen LogP contribution in [0.5, 0.6) is 0 Å². The van der Waals surface area contributed by atoms with Gasteiger partial charge in [-0.1, -0.05) is 23.9 Å².